The molecule has 0 radical (unpaired) electrons. The second-order valence-corrected chi connectivity index (χ2v) is 4.43. The van der Waals surface area contributed by atoms with Gasteiger partial charge in [-0.2, -0.15) is 13.2 Å². The molecule has 106 valence electrons. The van der Waals surface area contributed by atoms with Gasteiger partial charge in [0.15, 0.2) is 0 Å². The van der Waals surface area contributed by atoms with Crippen LogP contribution in [0.4, 0.5) is 34.6 Å². The molecule has 0 unspecified atom stereocenters. The van der Waals surface area contributed by atoms with Gasteiger partial charge in [0, 0.05) is 0 Å². The van der Waals surface area contributed by atoms with Gasteiger partial charge < -0.3 is 11.1 Å². The number of nitrogens with one attached hydrogen (secondary N) is 1. The molecule has 0 saturated heterocycles. The summed E-state index contributed by atoms with van der Waals surface area (Å²) < 4.78 is 51.1. The molecule has 0 bridgehead atoms. The van der Waals surface area contributed by atoms with E-state index in [9.17, 15) is 17.6 Å². The minimum absolute atomic E-state index is 0.0411. The maximum Gasteiger partial charge on any atom is 0.416 e. The molecule has 2 aromatic carbocycles. The zero-order valence-electron chi connectivity index (χ0n) is 9.93. The number of nitrogen functional groups attached to an aromatic ring is 1. The number of anilines is 3. The SMILES string of the molecule is Nc1cc(C(F)(F)F)ccc1Nc1c(F)cccc1Cl. The first-order valence-electron chi connectivity index (χ1n) is 5.47. The summed E-state index contributed by atoms with van der Waals surface area (Å²) in [6.45, 7) is 0. The number of hydrogen-bond donors (Lipinski definition) is 2. The summed E-state index contributed by atoms with van der Waals surface area (Å²) >= 11 is 5.81. The molecule has 20 heavy (non-hydrogen) atoms. The van der Waals surface area contributed by atoms with Gasteiger partial charge in [-0.15, -0.1) is 0 Å². The second kappa shape index (κ2) is 5.20. The number of hydrogen-bond acceptors (Lipinski definition) is 2. The van der Waals surface area contributed by atoms with Crippen molar-refractivity contribution in [1.29, 1.82) is 0 Å². The van der Waals surface area contributed by atoms with Gasteiger partial charge in [-0.05, 0) is 30.3 Å². The average Bonchev–Trinajstić information content (AvgIpc) is 2.34. The lowest BCUT2D eigenvalue weighted by Gasteiger charge is -2.14. The summed E-state index contributed by atoms with van der Waals surface area (Å²) in [5.41, 5.74) is 4.61. The van der Waals surface area contributed by atoms with Crippen molar-refractivity contribution in [2.75, 3.05) is 11.1 Å². The van der Waals surface area contributed by atoms with E-state index in [0.29, 0.717) is 0 Å². The molecular formula is C13H9ClF4N2. The zero-order chi connectivity index (χ0) is 14.9. The van der Waals surface area contributed by atoms with Crippen LogP contribution in [0.1, 0.15) is 5.56 Å². The molecule has 0 spiro atoms. The molecule has 0 atom stereocenters. The Kier molecular flexibility index (Phi) is 3.76. The Morgan fingerprint density at radius 3 is 2.35 bits per heavy atom. The molecule has 0 saturated carbocycles. The van der Waals surface area contributed by atoms with E-state index >= 15 is 0 Å². The van der Waals surface area contributed by atoms with E-state index < -0.39 is 17.6 Å². The van der Waals surface area contributed by atoms with Crippen molar-refractivity contribution >= 4 is 28.7 Å². The number of rotatable bonds is 2. The maximum absolute atomic E-state index is 13.6. The lowest BCUT2D eigenvalue weighted by Crippen LogP contribution is -2.07. The first kappa shape index (κ1) is 14.5. The Labute approximate surface area is 117 Å². The van der Waals surface area contributed by atoms with Gasteiger partial charge in [0.2, 0.25) is 0 Å². The van der Waals surface area contributed by atoms with Gasteiger partial charge in [-0.1, -0.05) is 17.7 Å². The largest absolute Gasteiger partial charge is 0.416 e. The van der Waals surface area contributed by atoms with Crippen LogP contribution in [0.3, 0.4) is 0 Å². The Morgan fingerprint density at radius 2 is 1.80 bits per heavy atom. The first-order valence-corrected chi connectivity index (χ1v) is 5.84. The highest BCUT2D eigenvalue weighted by atomic mass is 35.5. The van der Waals surface area contributed by atoms with Crippen molar-refractivity contribution in [3.63, 3.8) is 0 Å². The molecule has 0 amide bonds. The molecule has 2 rings (SSSR count). The van der Waals surface area contributed by atoms with E-state index in [0.717, 1.165) is 18.2 Å². The second-order valence-electron chi connectivity index (χ2n) is 4.02. The lowest BCUT2D eigenvalue weighted by molar-refractivity contribution is -0.137. The summed E-state index contributed by atoms with van der Waals surface area (Å²) in [6, 6.07) is 6.80. The van der Waals surface area contributed by atoms with Gasteiger partial charge in [0.1, 0.15) is 5.82 Å². The zero-order valence-corrected chi connectivity index (χ0v) is 10.7. The topological polar surface area (TPSA) is 38.0 Å². The van der Waals surface area contributed by atoms with Crippen molar-refractivity contribution in [3.05, 3.63) is 52.8 Å². The van der Waals surface area contributed by atoms with Gasteiger partial charge in [0.25, 0.3) is 0 Å². The predicted octanol–water partition coefficient (Wildman–Crippen LogP) is 4.82. The summed E-state index contributed by atoms with van der Waals surface area (Å²) in [5.74, 6) is -0.628. The fourth-order valence-corrected chi connectivity index (χ4v) is 1.82. The molecule has 0 aromatic heterocycles. The summed E-state index contributed by atoms with van der Waals surface area (Å²) in [4.78, 5) is 0. The standard InChI is InChI=1S/C13H9ClF4N2/c14-8-2-1-3-9(15)12(8)20-11-5-4-7(6-10(11)19)13(16,17)18/h1-6,20H,19H2. The monoisotopic (exact) mass is 304 g/mol. The molecule has 3 N–H and O–H groups in total. The van der Waals surface area contributed by atoms with Crippen molar-refractivity contribution in [2.45, 2.75) is 6.18 Å². The summed E-state index contributed by atoms with van der Waals surface area (Å²) in [6.07, 6.45) is -4.48. The molecule has 0 aliphatic heterocycles. The normalized spacial score (nSPS) is 11.4. The number of benzene rings is 2. The summed E-state index contributed by atoms with van der Waals surface area (Å²) in [7, 11) is 0. The lowest BCUT2D eigenvalue weighted by atomic mass is 10.1. The van der Waals surface area contributed by atoms with Crippen LogP contribution >= 0.6 is 11.6 Å². The van der Waals surface area contributed by atoms with E-state index in [1.54, 1.807) is 0 Å². The smallest absolute Gasteiger partial charge is 0.397 e. The molecule has 2 aromatic rings. The Bertz CT molecular complexity index is 621. The van der Waals surface area contributed by atoms with E-state index in [2.05, 4.69) is 5.32 Å². The van der Waals surface area contributed by atoms with Crippen LogP contribution in [0.25, 0.3) is 0 Å². The minimum atomic E-state index is -4.48. The Morgan fingerprint density at radius 1 is 1.10 bits per heavy atom. The van der Waals surface area contributed by atoms with E-state index in [4.69, 9.17) is 17.3 Å². The fraction of sp³-hybridized carbons (Fsp3) is 0.0769. The van der Waals surface area contributed by atoms with Crippen molar-refractivity contribution in [1.82, 2.24) is 0 Å². The van der Waals surface area contributed by atoms with Gasteiger partial charge in [-0.25, -0.2) is 4.39 Å². The molecule has 0 heterocycles. The highest BCUT2D eigenvalue weighted by molar-refractivity contribution is 6.33. The van der Waals surface area contributed by atoms with Gasteiger partial charge in [0.05, 0.1) is 27.6 Å². The third kappa shape index (κ3) is 2.96. The number of nitrogens with two attached hydrogens (primary N) is 1. The maximum atomic E-state index is 13.6. The van der Waals surface area contributed by atoms with Crippen molar-refractivity contribution in [2.24, 2.45) is 0 Å². The highest BCUT2D eigenvalue weighted by Gasteiger charge is 2.30. The van der Waals surface area contributed by atoms with Gasteiger partial charge >= 0.3 is 6.18 Å². The number of alkyl halides is 3. The van der Waals surface area contributed by atoms with Crippen LogP contribution in [0.5, 0.6) is 0 Å². The highest BCUT2D eigenvalue weighted by Crippen LogP contribution is 2.35. The summed E-state index contributed by atoms with van der Waals surface area (Å²) in [5, 5.41) is 2.69. The first-order chi connectivity index (χ1) is 9.29. The number of halogens is 5. The van der Waals surface area contributed by atoms with Gasteiger partial charge in [-0.3, -0.25) is 0 Å². The van der Waals surface area contributed by atoms with Crippen LogP contribution in [0, 0.1) is 5.82 Å². The average molecular weight is 305 g/mol. The molecule has 2 nitrogen and oxygen atoms in total. The Balaban J connectivity index is 2.36. The third-order valence-corrected chi connectivity index (χ3v) is 2.92. The minimum Gasteiger partial charge on any atom is -0.397 e. The Hall–Kier alpha value is -1.95. The van der Waals surface area contributed by atoms with Crippen LogP contribution < -0.4 is 11.1 Å². The van der Waals surface area contributed by atoms with E-state index in [1.165, 1.54) is 18.2 Å². The van der Waals surface area contributed by atoms with E-state index in [1.807, 2.05) is 0 Å². The van der Waals surface area contributed by atoms with Crippen LogP contribution in [-0.2, 0) is 6.18 Å². The predicted molar refractivity (Wildman–Crippen MR) is 70.5 cm³/mol. The quantitative estimate of drug-likeness (QED) is 0.616. The number of para-hydroxylation sites is 1. The third-order valence-electron chi connectivity index (χ3n) is 2.60. The van der Waals surface area contributed by atoms with Crippen LogP contribution in [0.15, 0.2) is 36.4 Å². The molecule has 0 fully saturated rings. The van der Waals surface area contributed by atoms with E-state index in [-0.39, 0.29) is 22.1 Å². The van der Waals surface area contributed by atoms with Crippen LogP contribution in [0.2, 0.25) is 5.02 Å². The van der Waals surface area contributed by atoms with Crippen LogP contribution in [-0.4, -0.2) is 0 Å². The molecule has 7 heteroatoms. The fourth-order valence-electron chi connectivity index (χ4n) is 1.60. The molecular weight excluding hydrogens is 296 g/mol. The van der Waals surface area contributed by atoms with Crippen molar-refractivity contribution in [3.8, 4) is 0 Å². The molecule has 0 aliphatic rings. The molecule has 0 aliphatic carbocycles. The van der Waals surface area contributed by atoms with Crippen molar-refractivity contribution < 1.29 is 17.6 Å².